The van der Waals surface area contributed by atoms with Gasteiger partial charge >= 0.3 is 12.3 Å². The number of hydrogen-bond acceptors (Lipinski definition) is 3. The van der Waals surface area contributed by atoms with Gasteiger partial charge in [0.1, 0.15) is 11.5 Å². The number of amides is 2. The van der Waals surface area contributed by atoms with Gasteiger partial charge in [-0.1, -0.05) is 18.2 Å². The van der Waals surface area contributed by atoms with Gasteiger partial charge in [0.25, 0.3) is 0 Å². The molecule has 0 saturated carbocycles. The fraction of sp³-hybridized carbons (Fsp3) is 0.619. The zero-order valence-electron chi connectivity index (χ0n) is 17.7. The normalized spacial score (nSPS) is 16.9. The average Bonchev–Trinajstić information content (AvgIpc) is 2.66. The summed E-state index contributed by atoms with van der Waals surface area (Å²) in [6, 6.07) is 5.20. The maximum Gasteiger partial charge on any atom is 0.416 e. The topological polar surface area (TPSA) is 49.9 Å². The first kappa shape index (κ1) is 24.3. The standard InChI is InChI=1S/C21H28ClF3N2O3/c1-19(2,3)30-18(29)26(4)14-20(8-10-27(11-9-20)17(28)13-22)15-6-5-7-16(12-15)21(23,24)25/h5-7,12H,8-11,13-14H2,1-4H3. The van der Waals surface area contributed by atoms with Gasteiger partial charge in [0.2, 0.25) is 5.91 Å². The third kappa shape index (κ3) is 6.03. The molecule has 1 heterocycles. The molecule has 30 heavy (non-hydrogen) atoms. The molecule has 9 heteroatoms. The predicted molar refractivity (Wildman–Crippen MR) is 109 cm³/mol. The second-order valence-electron chi connectivity index (χ2n) is 8.71. The smallest absolute Gasteiger partial charge is 0.416 e. The van der Waals surface area contributed by atoms with Crippen LogP contribution in [0.4, 0.5) is 18.0 Å². The van der Waals surface area contributed by atoms with Crippen molar-refractivity contribution in [3.63, 3.8) is 0 Å². The van der Waals surface area contributed by atoms with Crippen LogP contribution in [0.3, 0.4) is 0 Å². The highest BCUT2D eigenvalue weighted by Gasteiger charge is 2.41. The van der Waals surface area contributed by atoms with Gasteiger partial charge in [-0.15, -0.1) is 11.6 Å². The van der Waals surface area contributed by atoms with Gasteiger partial charge in [-0.25, -0.2) is 4.79 Å². The van der Waals surface area contributed by atoms with Crippen LogP contribution >= 0.6 is 11.6 Å². The quantitative estimate of drug-likeness (QED) is 0.629. The Morgan fingerprint density at radius 1 is 1.20 bits per heavy atom. The van der Waals surface area contributed by atoms with E-state index >= 15 is 0 Å². The van der Waals surface area contributed by atoms with Crippen molar-refractivity contribution in [1.29, 1.82) is 0 Å². The first-order chi connectivity index (χ1) is 13.8. The molecule has 2 rings (SSSR count). The van der Waals surface area contributed by atoms with Gasteiger partial charge in [0, 0.05) is 32.1 Å². The maximum atomic E-state index is 13.3. The first-order valence-corrected chi connectivity index (χ1v) is 10.3. The minimum absolute atomic E-state index is 0.144. The molecule has 5 nitrogen and oxygen atoms in total. The zero-order valence-corrected chi connectivity index (χ0v) is 18.4. The van der Waals surface area contributed by atoms with E-state index in [0.29, 0.717) is 31.5 Å². The van der Waals surface area contributed by atoms with Crippen LogP contribution < -0.4 is 0 Å². The first-order valence-electron chi connectivity index (χ1n) is 9.73. The molecule has 0 bridgehead atoms. The minimum atomic E-state index is -4.47. The number of rotatable bonds is 4. The highest BCUT2D eigenvalue weighted by molar-refractivity contribution is 6.27. The van der Waals surface area contributed by atoms with Crippen LogP contribution in [0.5, 0.6) is 0 Å². The van der Waals surface area contributed by atoms with Gasteiger partial charge in [-0.05, 0) is 45.2 Å². The van der Waals surface area contributed by atoms with Crippen molar-refractivity contribution >= 4 is 23.6 Å². The van der Waals surface area contributed by atoms with Crippen molar-refractivity contribution in [3.05, 3.63) is 35.4 Å². The summed E-state index contributed by atoms with van der Waals surface area (Å²) < 4.78 is 45.3. The van der Waals surface area contributed by atoms with Crippen LogP contribution in [0, 0.1) is 0 Å². The van der Waals surface area contributed by atoms with E-state index in [4.69, 9.17) is 16.3 Å². The lowest BCUT2D eigenvalue weighted by Crippen LogP contribution is -2.51. The predicted octanol–water partition coefficient (Wildman–Crippen LogP) is 4.67. The molecule has 168 valence electrons. The van der Waals surface area contributed by atoms with E-state index in [2.05, 4.69) is 0 Å². The van der Waals surface area contributed by atoms with Crippen LogP contribution in [0.25, 0.3) is 0 Å². The summed E-state index contributed by atoms with van der Waals surface area (Å²) in [5, 5.41) is 0. The van der Waals surface area contributed by atoms with Crippen molar-refractivity contribution in [1.82, 2.24) is 9.80 Å². The molecule has 1 aliphatic heterocycles. The molecule has 0 radical (unpaired) electrons. The molecule has 1 aromatic rings. The number of alkyl halides is 4. The molecular formula is C21H28ClF3N2O3. The number of halogens is 4. The van der Waals surface area contributed by atoms with E-state index in [0.717, 1.165) is 12.1 Å². The van der Waals surface area contributed by atoms with Crippen molar-refractivity contribution < 1.29 is 27.5 Å². The lowest BCUT2D eigenvalue weighted by atomic mass is 9.72. The molecule has 1 aliphatic rings. The number of carbonyl (C=O) groups is 2. The molecule has 0 spiro atoms. The van der Waals surface area contributed by atoms with E-state index in [9.17, 15) is 22.8 Å². The number of piperidine rings is 1. The summed E-state index contributed by atoms with van der Waals surface area (Å²) >= 11 is 5.65. The molecule has 1 saturated heterocycles. The van der Waals surface area contributed by atoms with Gasteiger partial charge in [0.05, 0.1) is 5.56 Å². The van der Waals surface area contributed by atoms with Crippen LogP contribution in [0.1, 0.15) is 44.7 Å². The fourth-order valence-corrected chi connectivity index (χ4v) is 3.86. The third-order valence-corrected chi connectivity index (χ3v) is 5.46. The molecule has 0 atom stereocenters. The summed E-state index contributed by atoms with van der Waals surface area (Å²) in [7, 11) is 1.57. The second kappa shape index (κ2) is 9.04. The highest BCUT2D eigenvalue weighted by atomic mass is 35.5. The largest absolute Gasteiger partial charge is 0.444 e. The lowest BCUT2D eigenvalue weighted by molar-refractivity contribution is -0.137. The van der Waals surface area contributed by atoms with E-state index in [1.54, 1.807) is 38.8 Å². The summed E-state index contributed by atoms with van der Waals surface area (Å²) in [5.41, 5.74) is -1.68. The van der Waals surface area contributed by atoms with Crippen molar-refractivity contribution in [2.75, 3.05) is 32.6 Å². The van der Waals surface area contributed by atoms with Gasteiger partial charge in [-0.2, -0.15) is 13.2 Å². The SMILES string of the molecule is CN(CC1(c2cccc(C(F)(F)F)c2)CCN(C(=O)CCl)CC1)C(=O)OC(C)(C)C. The lowest BCUT2D eigenvalue weighted by Gasteiger charge is -2.44. The van der Waals surface area contributed by atoms with Gasteiger partial charge in [0.15, 0.2) is 0 Å². The Bertz CT molecular complexity index is 769. The summed E-state index contributed by atoms with van der Waals surface area (Å²) in [6.45, 7) is 6.12. The number of benzene rings is 1. The molecule has 1 fully saturated rings. The molecule has 0 aromatic heterocycles. The summed E-state index contributed by atoms with van der Waals surface area (Å²) in [6.07, 6.45) is -4.20. The number of nitrogens with zero attached hydrogens (tertiary/aromatic N) is 2. The van der Waals surface area contributed by atoms with Crippen LogP contribution in [0.15, 0.2) is 24.3 Å². The molecule has 0 aliphatic carbocycles. The Labute approximate surface area is 180 Å². The Balaban J connectivity index is 2.35. The number of ether oxygens (including phenoxy) is 1. The number of likely N-dealkylation sites (tertiary alicyclic amines) is 1. The van der Waals surface area contributed by atoms with E-state index in [-0.39, 0.29) is 18.3 Å². The van der Waals surface area contributed by atoms with Crippen molar-refractivity contribution in [3.8, 4) is 0 Å². The van der Waals surface area contributed by atoms with Crippen LogP contribution in [0.2, 0.25) is 0 Å². The van der Waals surface area contributed by atoms with E-state index < -0.39 is 28.8 Å². The van der Waals surface area contributed by atoms with Crippen molar-refractivity contribution in [2.24, 2.45) is 0 Å². The Morgan fingerprint density at radius 2 is 1.80 bits per heavy atom. The molecular weight excluding hydrogens is 421 g/mol. The van der Waals surface area contributed by atoms with Gasteiger partial charge in [-0.3, -0.25) is 4.79 Å². The summed E-state index contributed by atoms with van der Waals surface area (Å²) in [4.78, 5) is 27.4. The third-order valence-electron chi connectivity index (χ3n) is 5.23. The Kier molecular flexibility index (Phi) is 7.32. The van der Waals surface area contributed by atoms with E-state index in [1.165, 1.54) is 11.0 Å². The van der Waals surface area contributed by atoms with Crippen LogP contribution in [-0.2, 0) is 21.1 Å². The molecule has 2 amide bonds. The molecule has 0 N–H and O–H groups in total. The fourth-order valence-electron chi connectivity index (χ4n) is 3.69. The van der Waals surface area contributed by atoms with E-state index in [1.807, 2.05) is 0 Å². The maximum absolute atomic E-state index is 13.3. The highest BCUT2D eigenvalue weighted by Crippen LogP contribution is 2.39. The Morgan fingerprint density at radius 3 is 2.30 bits per heavy atom. The minimum Gasteiger partial charge on any atom is -0.444 e. The Hall–Kier alpha value is -1.96. The monoisotopic (exact) mass is 448 g/mol. The van der Waals surface area contributed by atoms with Crippen LogP contribution in [-0.4, -0.2) is 60.0 Å². The molecule has 1 aromatic carbocycles. The second-order valence-corrected chi connectivity index (χ2v) is 8.98. The number of carbonyl (C=O) groups excluding carboxylic acids is 2. The molecule has 0 unspecified atom stereocenters. The van der Waals surface area contributed by atoms with Crippen molar-refractivity contribution in [2.45, 2.75) is 50.8 Å². The van der Waals surface area contributed by atoms with Gasteiger partial charge < -0.3 is 14.5 Å². The summed E-state index contributed by atoms with van der Waals surface area (Å²) in [5.74, 6) is -0.358. The number of hydrogen-bond donors (Lipinski definition) is 0. The average molecular weight is 449 g/mol. The number of likely N-dealkylation sites (N-methyl/N-ethyl adjacent to an activating group) is 1. The zero-order chi connectivity index (χ0) is 22.7.